The molecular formula is C29H34N4O3. The molecule has 1 aromatic carbocycles. The van der Waals surface area contributed by atoms with Crippen LogP contribution in [0.15, 0.2) is 23.0 Å². The Morgan fingerprint density at radius 3 is 2.36 bits per heavy atom. The number of amides is 2. The van der Waals surface area contributed by atoms with E-state index in [-0.39, 0.29) is 24.7 Å². The highest BCUT2D eigenvalue weighted by molar-refractivity contribution is 6.10. The number of unbranched alkanes of at least 4 members (excludes halogenated alkanes) is 1. The summed E-state index contributed by atoms with van der Waals surface area (Å²) >= 11 is 0. The Morgan fingerprint density at radius 1 is 1.03 bits per heavy atom. The molecule has 1 saturated heterocycles. The normalized spacial score (nSPS) is 29.0. The van der Waals surface area contributed by atoms with Gasteiger partial charge in [-0.2, -0.15) is 9.69 Å². The van der Waals surface area contributed by atoms with Gasteiger partial charge in [-0.1, -0.05) is 17.9 Å². The Balaban J connectivity index is 1.17. The summed E-state index contributed by atoms with van der Waals surface area (Å²) in [6.45, 7) is 2.62. The van der Waals surface area contributed by atoms with Gasteiger partial charge >= 0.3 is 0 Å². The number of hydrogen-bond acceptors (Lipinski definition) is 5. The van der Waals surface area contributed by atoms with Gasteiger partial charge in [0.05, 0.1) is 10.9 Å². The summed E-state index contributed by atoms with van der Waals surface area (Å²) in [6.07, 6.45) is 11.1. The van der Waals surface area contributed by atoms with Gasteiger partial charge in [0, 0.05) is 30.4 Å². The maximum absolute atomic E-state index is 13.5. The van der Waals surface area contributed by atoms with Crippen molar-refractivity contribution >= 4 is 22.7 Å². The second-order valence-electron chi connectivity index (χ2n) is 11.5. The third kappa shape index (κ3) is 4.16. The number of fused-ring (bicyclic) bond motifs is 1. The molecule has 2 aromatic rings. The lowest BCUT2D eigenvalue weighted by atomic mass is 9.53. The summed E-state index contributed by atoms with van der Waals surface area (Å²) in [5.74, 6) is 8.81. The van der Waals surface area contributed by atoms with Gasteiger partial charge in [0.25, 0.3) is 5.56 Å². The second kappa shape index (κ2) is 9.15. The summed E-state index contributed by atoms with van der Waals surface area (Å²) in [5, 5.41) is 5.24. The van der Waals surface area contributed by atoms with Crippen LogP contribution in [0.4, 0.5) is 0 Å². The fourth-order valence-electron chi connectivity index (χ4n) is 7.65. The molecule has 0 atom stereocenters. The molecule has 4 saturated carbocycles. The zero-order chi connectivity index (χ0) is 24.9. The molecule has 5 aliphatic rings. The SMILES string of the molecule is Cc1nc2cccc(C#CCCCNC34CC5CC(CC(C5)C3)C4)c2c(=O)n1N1C(=O)CCCC1=O. The van der Waals surface area contributed by atoms with Gasteiger partial charge in [-0.25, -0.2) is 4.98 Å². The fraction of sp³-hybridized carbons (Fsp3) is 0.586. The lowest BCUT2D eigenvalue weighted by Gasteiger charge is -2.57. The molecule has 2 heterocycles. The van der Waals surface area contributed by atoms with Crippen molar-refractivity contribution in [2.45, 2.75) is 83.1 Å². The Hall–Kier alpha value is -2.98. The highest BCUT2D eigenvalue weighted by atomic mass is 16.2. The maximum Gasteiger partial charge on any atom is 0.282 e. The van der Waals surface area contributed by atoms with Crippen molar-refractivity contribution in [3.8, 4) is 11.8 Å². The second-order valence-corrected chi connectivity index (χ2v) is 11.5. The van der Waals surface area contributed by atoms with Gasteiger partial charge in [-0.3, -0.25) is 14.4 Å². The van der Waals surface area contributed by atoms with Gasteiger partial charge in [0.2, 0.25) is 11.8 Å². The van der Waals surface area contributed by atoms with E-state index in [9.17, 15) is 14.4 Å². The van der Waals surface area contributed by atoms with Crippen LogP contribution in [0, 0.1) is 36.5 Å². The first kappa shape index (κ1) is 23.4. The molecule has 0 spiro atoms. The van der Waals surface area contributed by atoms with E-state index in [4.69, 9.17) is 0 Å². The number of benzene rings is 1. The van der Waals surface area contributed by atoms with Crippen LogP contribution in [0.25, 0.3) is 10.9 Å². The van der Waals surface area contributed by atoms with Crippen molar-refractivity contribution in [1.82, 2.24) is 15.0 Å². The van der Waals surface area contributed by atoms with Crippen molar-refractivity contribution in [2.24, 2.45) is 17.8 Å². The summed E-state index contributed by atoms with van der Waals surface area (Å²) in [6, 6.07) is 5.43. The van der Waals surface area contributed by atoms with Crippen LogP contribution in [0.2, 0.25) is 0 Å². The Morgan fingerprint density at radius 2 is 1.69 bits per heavy atom. The number of nitrogens with zero attached hydrogens (tertiary/aromatic N) is 3. The zero-order valence-corrected chi connectivity index (χ0v) is 21.0. The first-order valence-electron chi connectivity index (χ1n) is 13.5. The molecule has 1 aliphatic heterocycles. The average molecular weight is 487 g/mol. The summed E-state index contributed by atoms with van der Waals surface area (Å²) in [7, 11) is 0. The van der Waals surface area contributed by atoms with E-state index >= 15 is 0 Å². The van der Waals surface area contributed by atoms with Crippen molar-refractivity contribution < 1.29 is 9.59 Å². The van der Waals surface area contributed by atoms with Crippen LogP contribution in [0.1, 0.15) is 82.0 Å². The van der Waals surface area contributed by atoms with E-state index < -0.39 is 5.56 Å². The Kier molecular flexibility index (Phi) is 5.95. The van der Waals surface area contributed by atoms with Crippen molar-refractivity contribution in [2.75, 3.05) is 11.6 Å². The van der Waals surface area contributed by atoms with Crippen LogP contribution in [0.3, 0.4) is 0 Å². The van der Waals surface area contributed by atoms with Crippen LogP contribution < -0.4 is 15.9 Å². The highest BCUT2D eigenvalue weighted by Gasteiger charge is 2.50. The average Bonchev–Trinajstić information content (AvgIpc) is 2.82. The van der Waals surface area contributed by atoms with Crippen molar-refractivity contribution in [3.63, 3.8) is 0 Å². The van der Waals surface area contributed by atoms with Crippen LogP contribution in [0.5, 0.6) is 0 Å². The monoisotopic (exact) mass is 486 g/mol. The number of imide groups is 1. The van der Waals surface area contributed by atoms with E-state index in [0.717, 1.165) is 46.8 Å². The zero-order valence-electron chi connectivity index (χ0n) is 21.0. The Bertz CT molecular complexity index is 1300. The molecule has 7 heteroatoms. The van der Waals surface area contributed by atoms with Crippen molar-refractivity contribution in [3.05, 3.63) is 39.9 Å². The predicted octanol–water partition coefficient (Wildman–Crippen LogP) is 3.57. The smallest absolute Gasteiger partial charge is 0.282 e. The molecule has 4 aliphatic carbocycles. The van der Waals surface area contributed by atoms with Crippen LogP contribution >= 0.6 is 0 Å². The number of aryl methyl sites for hydroxylation is 1. The molecule has 5 fully saturated rings. The van der Waals surface area contributed by atoms with Gasteiger partial charge in [-0.15, -0.1) is 0 Å². The van der Waals surface area contributed by atoms with Crippen molar-refractivity contribution in [1.29, 1.82) is 0 Å². The van der Waals surface area contributed by atoms with E-state index in [1.807, 2.05) is 12.1 Å². The lowest BCUT2D eigenvalue weighted by molar-refractivity contribution is -0.131. The molecule has 1 N–H and O–H groups in total. The molecule has 0 radical (unpaired) electrons. The fourth-order valence-corrected chi connectivity index (χ4v) is 7.65. The minimum atomic E-state index is -0.422. The number of piperidine rings is 1. The highest BCUT2D eigenvalue weighted by Crippen LogP contribution is 2.55. The summed E-state index contributed by atoms with van der Waals surface area (Å²) in [4.78, 5) is 43.0. The standard InChI is InChI=1S/C29H34N4O3/c1-19-31-24-9-5-8-23(27(24)28(36)32(19)33-25(34)10-6-11-26(33)35)7-3-2-4-12-30-29-16-20-13-21(17-29)15-22(14-20)18-29/h5,8-9,20-22,30H,2,4,6,10-18H2,1H3. The molecule has 2 amide bonds. The van der Waals surface area contributed by atoms with Crippen LogP contribution in [-0.2, 0) is 9.59 Å². The van der Waals surface area contributed by atoms with Gasteiger partial charge in [0.15, 0.2) is 0 Å². The topological polar surface area (TPSA) is 84.3 Å². The maximum atomic E-state index is 13.5. The first-order chi connectivity index (χ1) is 17.4. The molecule has 4 bridgehead atoms. The van der Waals surface area contributed by atoms with Gasteiger partial charge < -0.3 is 5.32 Å². The third-order valence-corrected chi connectivity index (χ3v) is 8.73. The molecule has 188 valence electrons. The number of aromatic nitrogens is 2. The van der Waals surface area contributed by atoms with E-state index in [1.165, 1.54) is 38.5 Å². The molecule has 0 unspecified atom stereocenters. The number of nitrogens with one attached hydrogen (secondary N) is 1. The predicted molar refractivity (Wildman–Crippen MR) is 138 cm³/mol. The molecule has 36 heavy (non-hydrogen) atoms. The number of carbonyl (C=O) groups is 2. The lowest BCUT2D eigenvalue weighted by Crippen LogP contribution is -2.58. The number of carbonyl (C=O) groups excluding carboxylic acids is 2. The Labute approximate surface area is 211 Å². The minimum absolute atomic E-state index is 0.244. The summed E-state index contributed by atoms with van der Waals surface area (Å²) < 4.78 is 1.13. The van der Waals surface area contributed by atoms with E-state index in [2.05, 4.69) is 22.1 Å². The van der Waals surface area contributed by atoms with E-state index in [0.29, 0.717) is 34.3 Å². The number of hydrogen-bond donors (Lipinski definition) is 1. The van der Waals surface area contributed by atoms with Crippen LogP contribution in [-0.4, -0.2) is 33.6 Å². The van der Waals surface area contributed by atoms with Gasteiger partial charge in [0.1, 0.15) is 5.82 Å². The quantitative estimate of drug-likeness (QED) is 0.397. The molecule has 7 rings (SSSR count). The first-order valence-corrected chi connectivity index (χ1v) is 13.5. The largest absolute Gasteiger partial charge is 0.311 e. The molecule has 1 aromatic heterocycles. The molecule has 7 nitrogen and oxygen atoms in total. The third-order valence-electron chi connectivity index (χ3n) is 8.73. The molecular weight excluding hydrogens is 452 g/mol. The van der Waals surface area contributed by atoms with E-state index in [1.54, 1.807) is 13.0 Å². The summed E-state index contributed by atoms with van der Waals surface area (Å²) in [5.41, 5.74) is 1.07. The number of rotatable bonds is 5. The minimum Gasteiger partial charge on any atom is -0.311 e. The van der Waals surface area contributed by atoms with Gasteiger partial charge in [-0.05, 0) is 94.7 Å².